The first-order valence-electron chi connectivity index (χ1n) is 7.64. The molecule has 0 bridgehead atoms. The van der Waals surface area contributed by atoms with E-state index in [1.54, 1.807) is 0 Å². The van der Waals surface area contributed by atoms with Crippen molar-refractivity contribution in [2.75, 3.05) is 0 Å². The Labute approximate surface area is 133 Å². The molecule has 1 aromatic carbocycles. The lowest BCUT2D eigenvalue weighted by molar-refractivity contribution is -0.132. The summed E-state index contributed by atoms with van der Waals surface area (Å²) < 4.78 is 0. The molecule has 0 atom stereocenters. The Kier molecular flexibility index (Phi) is 3.71. The summed E-state index contributed by atoms with van der Waals surface area (Å²) >= 11 is 0. The third-order valence-electron chi connectivity index (χ3n) is 4.63. The van der Waals surface area contributed by atoms with Gasteiger partial charge < -0.3 is 15.5 Å². The number of hydrazone groups is 1. The molecule has 1 aromatic rings. The van der Waals surface area contributed by atoms with Crippen LogP contribution in [0.4, 0.5) is 4.79 Å². The zero-order valence-corrected chi connectivity index (χ0v) is 12.8. The first-order valence-corrected chi connectivity index (χ1v) is 7.64. The molecule has 1 aliphatic heterocycles. The van der Waals surface area contributed by atoms with Crippen LogP contribution in [0.25, 0.3) is 0 Å². The van der Waals surface area contributed by atoms with E-state index in [0.717, 1.165) is 17.9 Å². The fourth-order valence-electron chi connectivity index (χ4n) is 3.08. The molecule has 3 amide bonds. The number of hydrogen-bond donors (Lipinski definition) is 3. The highest BCUT2D eigenvalue weighted by Gasteiger charge is 2.52. The predicted molar refractivity (Wildman–Crippen MR) is 83.1 cm³/mol. The van der Waals surface area contributed by atoms with Gasteiger partial charge in [-0.05, 0) is 43.7 Å². The monoisotopic (exact) mass is 317 g/mol. The van der Waals surface area contributed by atoms with Gasteiger partial charge in [0.2, 0.25) is 0 Å². The van der Waals surface area contributed by atoms with E-state index in [9.17, 15) is 19.8 Å². The van der Waals surface area contributed by atoms with Gasteiger partial charge in [0.15, 0.2) is 11.5 Å². The number of rotatable bonds is 2. The first-order chi connectivity index (χ1) is 10.9. The van der Waals surface area contributed by atoms with Crippen LogP contribution in [0.15, 0.2) is 23.3 Å². The highest BCUT2D eigenvalue weighted by molar-refractivity contribution is 6.07. The average Bonchev–Trinajstić information content (AvgIpc) is 2.75. The molecule has 0 radical (unpaired) electrons. The number of hydrogen-bond acceptors (Lipinski definition) is 5. The van der Waals surface area contributed by atoms with Crippen LogP contribution in [0.2, 0.25) is 0 Å². The Balaban J connectivity index is 1.81. The van der Waals surface area contributed by atoms with Crippen molar-refractivity contribution in [2.45, 2.75) is 38.1 Å². The fourth-order valence-corrected chi connectivity index (χ4v) is 3.08. The molecule has 1 saturated heterocycles. The minimum absolute atomic E-state index is 0.226. The number of phenols is 2. The predicted octanol–water partition coefficient (Wildman–Crippen LogP) is 1.93. The third kappa shape index (κ3) is 2.62. The van der Waals surface area contributed by atoms with E-state index < -0.39 is 11.6 Å². The summed E-state index contributed by atoms with van der Waals surface area (Å²) in [5, 5.41) is 26.6. The van der Waals surface area contributed by atoms with E-state index in [1.165, 1.54) is 24.4 Å². The molecule has 23 heavy (non-hydrogen) atoms. The van der Waals surface area contributed by atoms with Crippen molar-refractivity contribution >= 4 is 18.2 Å². The molecule has 3 rings (SSSR count). The number of nitrogens with zero attached hydrogens (tertiary/aromatic N) is 2. The molecular formula is C16H19N3O4. The molecule has 2 aliphatic rings. The van der Waals surface area contributed by atoms with Gasteiger partial charge in [0.05, 0.1) is 6.21 Å². The summed E-state index contributed by atoms with van der Waals surface area (Å²) in [6.45, 7) is 2.13. The molecular weight excluding hydrogens is 298 g/mol. The molecule has 1 saturated carbocycles. The number of phenolic OH excluding ortho intramolecular Hbond substituents is 2. The molecule has 0 unspecified atom stereocenters. The molecule has 1 spiro atoms. The van der Waals surface area contributed by atoms with Crippen LogP contribution in [0, 0.1) is 5.92 Å². The maximum Gasteiger partial charge on any atom is 0.346 e. The number of nitrogens with one attached hydrogen (secondary N) is 1. The maximum absolute atomic E-state index is 12.6. The summed E-state index contributed by atoms with van der Waals surface area (Å²) in [4.78, 5) is 24.7. The smallest absolute Gasteiger partial charge is 0.346 e. The quantitative estimate of drug-likeness (QED) is 0.440. The number of benzene rings is 1. The van der Waals surface area contributed by atoms with Crippen molar-refractivity contribution < 1.29 is 19.8 Å². The molecule has 1 aliphatic carbocycles. The molecule has 0 aromatic heterocycles. The van der Waals surface area contributed by atoms with Gasteiger partial charge in [-0.15, -0.1) is 5.01 Å². The lowest BCUT2D eigenvalue weighted by Gasteiger charge is -2.33. The van der Waals surface area contributed by atoms with Crippen molar-refractivity contribution in [3.05, 3.63) is 23.8 Å². The average molecular weight is 317 g/mol. The standard InChI is InChI=1S/C16H19N3O4/c1-10-5-7-16(8-6-10)14(22)19(15(23)18-16)17-9-11-3-2-4-12(20)13(11)21/h2-4,9-10,20-21H,5-8H2,1H3,(H,18,23)/b17-9+. The van der Waals surface area contributed by atoms with E-state index in [-0.39, 0.29) is 23.0 Å². The van der Waals surface area contributed by atoms with E-state index >= 15 is 0 Å². The lowest BCUT2D eigenvalue weighted by Crippen LogP contribution is -2.49. The van der Waals surface area contributed by atoms with Gasteiger partial charge >= 0.3 is 6.03 Å². The minimum Gasteiger partial charge on any atom is -0.504 e. The van der Waals surface area contributed by atoms with Crippen molar-refractivity contribution in [3.63, 3.8) is 0 Å². The van der Waals surface area contributed by atoms with Crippen LogP contribution in [-0.2, 0) is 4.79 Å². The van der Waals surface area contributed by atoms with Gasteiger partial charge in [-0.25, -0.2) is 4.79 Å². The minimum atomic E-state index is -0.845. The number of carbonyl (C=O) groups excluding carboxylic acids is 2. The van der Waals surface area contributed by atoms with Crippen molar-refractivity contribution in [1.29, 1.82) is 0 Å². The van der Waals surface area contributed by atoms with Gasteiger partial charge in [-0.1, -0.05) is 13.0 Å². The summed E-state index contributed by atoms with van der Waals surface area (Å²) in [6.07, 6.45) is 4.19. The van der Waals surface area contributed by atoms with Crippen LogP contribution in [-0.4, -0.2) is 38.9 Å². The largest absolute Gasteiger partial charge is 0.504 e. The third-order valence-corrected chi connectivity index (χ3v) is 4.63. The number of imide groups is 1. The van der Waals surface area contributed by atoms with Crippen LogP contribution < -0.4 is 5.32 Å². The fraction of sp³-hybridized carbons (Fsp3) is 0.438. The van der Waals surface area contributed by atoms with Gasteiger partial charge in [0.1, 0.15) is 5.54 Å². The molecule has 122 valence electrons. The van der Waals surface area contributed by atoms with Crippen molar-refractivity contribution in [3.8, 4) is 11.5 Å². The lowest BCUT2D eigenvalue weighted by atomic mass is 9.77. The van der Waals surface area contributed by atoms with E-state index in [0.29, 0.717) is 18.8 Å². The van der Waals surface area contributed by atoms with Gasteiger partial charge in [-0.3, -0.25) is 4.79 Å². The van der Waals surface area contributed by atoms with Crippen LogP contribution >= 0.6 is 0 Å². The Morgan fingerprint density at radius 3 is 2.70 bits per heavy atom. The summed E-state index contributed by atoms with van der Waals surface area (Å²) in [5.41, 5.74) is -0.620. The van der Waals surface area contributed by atoms with E-state index in [2.05, 4.69) is 17.3 Å². The summed E-state index contributed by atoms with van der Waals surface area (Å²) in [6, 6.07) is 3.83. The van der Waals surface area contributed by atoms with E-state index in [4.69, 9.17) is 0 Å². The molecule has 7 heteroatoms. The number of amides is 3. The van der Waals surface area contributed by atoms with Crippen LogP contribution in [0.5, 0.6) is 11.5 Å². The molecule has 2 fully saturated rings. The number of para-hydroxylation sites is 1. The highest BCUT2D eigenvalue weighted by Crippen LogP contribution is 2.36. The Bertz CT molecular complexity index is 678. The van der Waals surface area contributed by atoms with Crippen LogP contribution in [0.1, 0.15) is 38.2 Å². The highest BCUT2D eigenvalue weighted by atomic mass is 16.3. The van der Waals surface area contributed by atoms with Gasteiger partial charge in [0, 0.05) is 5.56 Å². The molecule has 3 N–H and O–H groups in total. The van der Waals surface area contributed by atoms with Crippen molar-refractivity contribution in [2.24, 2.45) is 11.0 Å². The number of carbonyl (C=O) groups is 2. The number of urea groups is 1. The zero-order valence-electron chi connectivity index (χ0n) is 12.8. The topological polar surface area (TPSA) is 102 Å². The zero-order chi connectivity index (χ0) is 16.6. The maximum atomic E-state index is 12.6. The number of aromatic hydroxyl groups is 2. The molecule has 7 nitrogen and oxygen atoms in total. The summed E-state index contributed by atoms with van der Waals surface area (Å²) in [5.74, 6) is -0.439. The van der Waals surface area contributed by atoms with Crippen LogP contribution in [0.3, 0.4) is 0 Å². The molecule has 1 heterocycles. The van der Waals surface area contributed by atoms with Crippen molar-refractivity contribution in [1.82, 2.24) is 10.3 Å². The SMILES string of the molecule is CC1CCC2(CC1)NC(=O)N(/N=C/c1cccc(O)c1O)C2=O. The van der Waals surface area contributed by atoms with Gasteiger partial charge in [-0.2, -0.15) is 5.10 Å². The second kappa shape index (κ2) is 5.57. The Morgan fingerprint density at radius 1 is 1.30 bits per heavy atom. The Hall–Kier alpha value is -2.57. The Morgan fingerprint density at radius 2 is 2.00 bits per heavy atom. The van der Waals surface area contributed by atoms with Gasteiger partial charge in [0.25, 0.3) is 5.91 Å². The first kappa shape index (κ1) is 15.3. The summed E-state index contributed by atoms with van der Waals surface area (Å²) in [7, 11) is 0. The normalized spacial score (nSPS) is 27.9. The second-order valence-electron chi connectivity index (χ2n) is 6.27. The second-order valence-corrected chi connectivity index (χ2v) is 6.27. The van der Waals surface area contributed by atoms with E-state index in [1.807, 2.05) is 0 Å².